The third-order valence-corrected chi connectivity index (χ3v) is 11.9. The zero-order valence-corrected chi connectivity index (χ0v) is 36.7. The Bertz CT molecular complexity index is 2870. The number of phenolic OH excluding ortho intramolecular Hbond substituents is 1. The van der Waals surface area contributed by atoms with Crippen LogP contribution < -0.4 is 9.47 Å². The number of hydrogen-bond acceptors (Lipinski definition) is 6. The van der Waals surface area contributed by atoms with Crippen LogP contribution in [0.1, 0.15) is 68.1 Å². The summed E-state index contributed by atoms with van der Waals surface area (Å²) in [5.41, 5.74) is 7.12. The van der Waals surface area contributed by atoms with Crippen molar-refractivity contribution in [2.45, 2.75) is 57.8 Å². The highest BCUT2D eigenvalue weighted by Crippen LogP contribution is 2.52. The molecule has 0 aliphatic carbocycles. The lowest BCUT2D eigenvalue weighted by molar-refractivity contribution is -0.137. The molecule has 6 nitrogen and oxygen atoms in total. The number of carbonyl (C=O) groups is 2. The smallest absolute Gasteiger partial charge is 0.343 e. The molecule has 65 heavy (non-hydrogen) atoms. The van der Waals surface area contributed by atoms with Gasteiger partial charge in [-0.15, -0.1) is 0 Å². The SMILES string of the molecule is C=CC(=O)OCCCCCCCCCCCOc1ccc(-c2ccc(C(=O)Oc3c(-c4c(-c5ccccc5)cc5ccccc5c4O)c(-c4ccccc4)cc4ccccc34)cc2)cc1. The Balaban J connectivity index is 0.977. The lowest BCUT2D eigenvalue weighted by Crippen LogP contribution is -2.10. The third kappa shape index (κ3) is 10.9. The number of carbonyl (C=O) groups excluding carboxylic acids is 2. The molecule has 6 heteroatoms. The van der Waals surface area contributed by atoms with Crippen LogP contribution in [0.25, 0.3) is 66.1 Å². The lowest BCUT2D eigenvalue weighted by Gasteiger charge is -2.22. The molecule has 326 valence electrons. The van der Waals surface area contributed by atoms with E-state index >= 15 is 0 Å². The summed E-state index contributed by atoms with van der Waals surface area (Å²) in [6, 6.07) is 55.6. The maximum absolute atomic E-state index is 14.4. The number of fused-ring (bicyclic) bond motifs is 2. The van der Waals surface area contributed by atoms with Gasteiger partial charge in [0.05, 0.1) is 18.8 Å². The van der Waals surface area contributed by atoms with Crippen LogP contribution in [0.5, 0.6) is 17.2 Å². The van der Waals surface area contributed by atoms with Gasteiger partial charge in [0.2, 0.25) is 0 Å². The summed E-state index contributed by atoms with van der Waals surface area (Å²) in [6.07, 6.45) is 11.4. The van der Waals surface area contributed by atoms with E-state index in [1.807, 2.05) is 146 Å². The molecule has 0 amide bonds. The van der Waals surface area contributed by atoms with Gasteiger partial charge in [0.1, 0.15) is 17.2 Å². The van der Waals surface area contributed by atoms with Crippen LogP contribution in [0.4, 0.5) is 0 Å². The fourth-order valence-electron chi connectivity index (χ4n) is 8.50. The fourth-order valence-corrected chi connectivity index (χ4v) is 8.50. The molecule has 0 bridgehead atoms. The first kappa shape index (κ1) is 44.2. The number of benzene rings is 8. The van der Waals surface area contributed by atoms with Gasteiger partial charge in [-0.25, -0.2) is 9.59 Å². The van der Waals surface area contributed by atoms with Crippen LogP contribution in [-0.2, 0) is 9.53 Å². The third-order valence-electron chi connectivity index (χ3n) is 11.9. The van der Waals surface area contributed by atoms with Crippen LogP contribution in [0.2, 0.25) is 0 Å². The Morgan fingerprint density at radius 2 is 0.969 bits per heavy atom. The van der Waals surface area contributed by atoms with Gasteiger partial charge in [-0.2, -0.15) is 0 Å². The van der Waals surface area contributed by atoms with Crippen molar-refractivity contribution in [2.24, 2.45) is 0 Å². The second kappa shape index (κ2) is 21.8. The number of aromatic hydroxyl groups is 1. The van der Waals surface area contributed by atoms with Crippen molar-refractivity contribution in [3.8, 4) is 61.8 Å². The van der Waals surface area contributed by atoms with Crippen molar-refractivity contribution in [3.63, 3.8) is 0 Å². The van der Waals surface area contributed by atoms with E-state index in [4.69, 9.17) is 14.2 Å². The van der Waals surface area contributed by atoms with E-state index in [-0.39, 0.29) is 11.7 Å². The Hall–Kier alpha value is -7.44. The zero-order chi connectivity index (χ0) is 44.8. The molecular weight excluding hydrogens is 805 g/mol. The molecule has 8 rings (SSSR count). The highest BCUT2D eigenvalue weighted by molar-refractivity contribution is 6.12. The minimum absolute atomic E-state index is 0.116. The first-order chi connectivity index (χ1) is 32.0. The largest absolute Gasteiger partial charge is 0.507 e. The molecule has 0 atom stereocenters. The second-order valence-electron chi connectivity index (χ2n) is 16.3. The number of unbranched alkanes of at least 4 members (excludes halogenated alkanes) is 8. The van der Waals surface area contributed by atoms with Gasteiger partial charge < -0.3 is 19.3 Å². The summed E-state index contributed by atoms with van der Waals surface area (Å²) in [4.78, 5) is 25.5. The zero-order valence-electron chi connectivity index (χ0n) is 36.7. The molecule has 0 radical (unpaired) electrons. The number of rotatable bonds is 20. The molecule has 0 unspecified atom stereocenters. The molecule has 8 aromatic carbocycles. The van der Waals surface area contributed by atoms with Gasteiger partial charge in [0, 0.05) is 28.0 Å². The minimum Gasteiger partial charge on any atom is -0.507 e. The maximum Gasteiger partial charge on any atom is 0.343 e. The number of ether oxygens (including phenoxy) is 3. The van der Waals surface area contributed by atoms with E-state index in [2.05, 4.69) is 18.7 Å². The average molecular weight is 859 g/mol. The molecule has 0 aromatic heterocycles. The van der Waals surface area contributed by atoms with Crippen LogP contribution in [0, 0.1) is 0 Å². The van der Waals surface area contributed by atoms with Crippen molar-refractivity contribution in [3.05, 3.63) is 188 Å². The van der Waals surface area contributed by atoms with Crippen molar-refractivity contribution in [1.82, 2.24) is 0 Å². The van der Waals surface area contributed by atoms with Gasteiger partial charge in [0.25, 0.3) is 0 Å². The molecule has 0 spiro atoms. The van der Waals surface area contributed by atoms with Crippen LogP contribution in [0.3, 0.4) is 0 Å². The Kier molecular flexibility index (Phi) is 14.8. The second-order valence-corrected chi connectivity index (χ2v) is 16.3. The quantitative estimate of drug-likeness (QED) is 0.0356. The van der Waals surface area contributed by atoms with Crippen molar-refractivity contribution >= 4 is 33.5 Å². The standard InChI is InChI=1S/C59H54O6/c1-2-54(60)64-39-21-9-7-5-3-4-6-8-20-38-63-49-36-34-43(35-37-49)42-30-32-46(33-31-42)59(62)65-58-51-29-19-17-27-48(51)41-53(45-24-14-11-15-25-45)56(58)55-52(44-22-12-10-13-23-44)40-47-26-16-18-28-50(47)57(55)61/h2,10-19,22-37,40-41,61H,1,3-9,20-21,38-39H2. The average Bonchev–Trinajstić information content (AvgIpc) is 3.36. The van der Waals surface area contributed by atoms with Gasteiger partial charge in [-0.05, 0) is 93.4 Å². The summed E-state index contributed by atoms with van der Waals surface area (Å²) >= 11 is 0. The summed E-state index contributed by atoms with van der Waals surface area (Å²) in [5, 5.41) is 15.7. The Labute approximate surface area is 381 Å². The van der Waals surface area contributed by atoms with Gasteiger partial charge in [-0.1, -0.05) is 185 Å². The predicted molar refractivity (Wildman–Crippen MR) is 264 cm³/mol. The Morgan fingerprint density at radius 3 is 1.55 bits per heavy atom. The topological polar surface area (TPSA) is 82.1 Å². The predicted octanol–water partition coefficient (Wildman–Crippen LogP) is 15.2. The van der Waals surface area contributed by atoms with Crippen LogP contribution in [-0.4, -0.2) is 30.3 Å². The normalized spacial score (nSPS) is 11.1. The van der Waals surface area contributed by atoms with Crippen LogP contribution >= 0.6 is 0 Å². The summed E-state index contributed by atoms with van der Waals surface area (Å²) in [5.74, 6) is 0.482. The molecule has 0 aliphatic rings. The van der Waals surface area contributed by atoms with E-state index in [9.17, 15) is 14.7 Å². The van der Waals surface area contributed by atoms with E-state index in [1.165, 1.54) is 38.2 Å². The fraction of sp³-hybridized carbons (Fsp3) is 0.186. The number of phenols is 1. The minimum atomic E-state index is -0.501. The lowest BCUT2D eigenvalue weighted by atomic mass is 9.84. The van der Waals surface area contributed by atoms with Gasteiger partial charge in [0.15, 0.2) is 0 Å². The molecule has 0 saturated heterocycles. The molecule has 0 fully saturated rings. The van der Waals surface area contributed by atoms with Crippen molar-refractivity contribution in [2.75, 3.05) is 13.2 Å². The van der Waals surface area contributed by atoms with E-state index in [0.29, 0.717) is 41.0 Å². The summed E-state index contributed by atoms with van der Waals surface area (Å²) in [7, 11) is 0. The molecule has 8 aromatic rings. The van der Waals surface area contributed by atoms with E-state index < -0.39 is 5.97 Å². The van der Waals surface area contributed by atoms with Gasteiger partial charge >= 0.3 is 11.9 Å². The first-order valence-corrected chi connectivity index (χ1v) is 22.7. The van der Waals surface area contributed by atoms with E-state index in [0.717, 1.165) is 81.0 Å². The van der Waals surface area contributed by atoms with E-state index in [1.54, 1.807) is 12.1 Å². The Morgan fingerprint density at radius 1 is 0.492 bits per heavy atom. The first-order valence-electron chi connectivity index (χ1n) is 22.7. The molecule has 0 aliphatic heterocycles. The number of hydrogen-bond donors (Lipinski definition) is 1. The van der Waals surface area contributed by atoms with Gasteiger partial charge in [-0.3, -0.25) is 0 Å². The highest BCUT2D eigenvalue weighted by atomic mass is 16.5. The van der Waals surface area contributed by atoms with Crippen molar-refractivity contribution in [1.29, 1.82) is 0 Å². The van der Waals surface area contributed by atoms with Crippen molar-refractivity contribution < 1.29 is 28.9 Å². The highest BCUT2D eigenvalue weighted by Gasteiger charge is 2.27. The molecule has 0 saturated carbocycles. The monoisotopic (exact) mass is 858 g/mol. The molecular formula is C59H54O6. The molecule has 1 N–H and O–H groups in total. The van der Waals surface area contributed by atoms with Crippen LogP contribution in [0.15, 0.2) is 183 Å². The summed E-state index contributed by atoms with van der Waals surface area (Å²) in [6.45, 7) is 4.57. The maximum atomic E-state index is 14.4. The summed E-state index contributed by atoms with van der Waals surface area (Å²) < 4.78 is 17.7. The molecule has 0 heterocycles. The number of esters is 2.